The van der Waals surface area contributed by atoms with Gasteiger partial charge in [-0.2, -0.15) is 0 Å². The Kier molecular flexibility index (Phi) is 5.57. The van der Waals surface area contributed by atoms with Crippen molar-refractivity contribution in [2.45, 2.75) is 12.2 Å². The zero-order valence-corrected chi connectivity index (χ0v) is 16.1. The van der Waals surface area contributed by atoms with E-state index >= 15 is 0 Å². The van der Waals surface area contributed by atoms with Crippen molar-refractivity contribution in [2.75, 3.05) is 12.0 Å². The Bertz CT molecular complexity index is 940. The number of halogens is 1. The lowest BCUT2D eigenvalue weighted by atomic mass is 10.2. The van der Waals surface area contributed by atoms with Gasteiger partial charge in [-0.1, -0.05) is 23.4 Å². The molecule has 3 rings (SSSR count). The molecule has 0 radical (unpaired) electrons. The van der Waals surface area contributed by atoms with Gasteiger partial charge in [0.25, 0.3) is 5.91 Å². The largest absolute Gasteiger partial charge is 0.495 e. The molecule has 0 saturated heterocycles. The Labute approximate surface area is 164 Å². The van der Waals surface area contributed by atoms with Crippen LogP contribution >= 0.6 is 23.4 Å². The van der Waals surface area contributed by atoms with Gasteiger partial charge >= 0.3 is 0 Å². The maximum Gasteiger partial charge on any atom is 0.283 e. The van der Waals surface area contributed by atoms with Crippen LogP contribution in [-0.2, 0) is 9.59 Å². The van der Waals surface area contributed by atoms with Crippen LogP contribution in [0.3, 0.4) is 0 Å². The number of nitrogens with zero attached hydrogens (tertiary/aromatic N) is 2. The Hall–Kier alpha value is -2.71. The third-order valence-electron chi connectivity index (χ3n) is 3.73. The van der Waals surface area contributed by atoms with E-state index in [2.05, 4.69) is 4.99 Å². The number of rotatable bonds is 5. The number of carbonyl (C=O) groups is 2. The average Bonchev–Trinajstić information content (AvgIpc) is 3.24. The number of furan rings is 1. The second-order valence-electron chi connectivity index (χ2n) is 5.56. The number of aliphatic imine (C=N–C) groups is 1. The molecule has 1 unspecified atom stereocenters. The van der Waals surface area contributed by atoms with Gasteiger partial charge < -0.3 is 14.9 Å². The molecule has 9 heteroatoms. The molecule has 0 bridgehead atoms. The highest BCUT2D eigenvalue weighted by atomic mass is 35.5. The normalized spacial score (nSPS) is 16.6. The van der Waals surface area contributed by atoms with Crippen LogP contribution in [0.1, 0.15) is 12.7 Å². The van der Waals surface area contributed by atoms with E-state index in [4.69, 9.17) is 26.5 Å². The van der Waals surface area contributed by atoms with E-state index in [1.54, 1.807) is 37.3 Å². The molecule has 2 amide bonds. The molecular formula is C18H16ClN3O4S. The van der Waals surface area contributed by atoms with E-state index in [0.29, 0.717) is 27.4 Å². The van der Waals surface area contributed by atoms with E-state index in [9.17, 15) is 9.59 Å². The zero-order valence-electron chi connectivity index (χ0n) is 14.5. The Morgan fingerprint density at radius 2 is 2.22 bits per heavy atom. The molecule has 1 aliphatic heterocycles. The highest BCUT2D eigenvalue weighted by molar-refractivity contribution is 8.15. The number of benzene rings is 1. The molecule has 1 aromatic heterocycles. The van der Waals surface area contributed by atoms with Gasteiger partial charge in [-0.15, -0.1) is 0 Å². The fourth-order valence-corrected chi connectivity index (χ4v) is 3.45. The topological polar surface area (TPSA) is 98.1 Å². The van der Waals surface area contributed by atoms with Crippen LogP contribution in [0.5, 0.6) is 5.75 Å². The van der Waals surface area contributed by atoms with Crippen molar-refractivity contribution >= 4 is 52.1 Å². The fourth-order valence-electron chi connectivity index (χ4n) is 2.32. The highest BCUT2D eigenvalue weighted by Gasteiger charge is 2.34. The monoisotopic (exact) mass is 405 g/mol. The highest BCUT2D eigenvalue weighted by Crippen LogP contribution is 2.35. The minimum atomic E-state index is -0.573. The Balaban J connectivity index is 2.01. The summed E-state index contributed by atoms with van der Waals surface area (Å²) in [5, 5.41) is 0.0969. The van der Waals surface area contributed by atoms with Gasteiger partial charge in [-0.05, 0) is 37.3 Å². The maximum absolute atomic E-state index is 13.0. The number of thioether (sulfide) groups is 1. The van der Waals surface area contributed by atoms with Crippen molar-refractivity contribution in [3.8, 4) is 5.75 Å². The van der Waals surface area contributed by atoms with Crippen molar-refractivity contribution < 1.29 is 18.7 Å². The number of ether oxygens (including phenoxy) is 1. The number of anilines is 1. The van der Waals surface area contributed by atoms with Gasteiger partial charge in [0.2, 0.25) is 5.91 Å². The molecule has 0 saturated carbocycles. The lowest BCUT2D eigenvalue weighted by Crippen LogP contribution is -2.33. The summed E-state index contributed by atoms with van der Waals surface area (Å²) in [6.07, 6.45) is 3.03. The molecule has 1 atom stereocenters. The van der Waals surface area contributed by atoms with Crippen LogP contribution in [0.15, 0.2) is 51.7 Å². The molecule has 27 heavy (non-hydrogen) atoms. The number of hydrogen-bond acceptors (Lipinski definition) is 6. The van der Waals surface area contributed by atoms with Crippen LogP contribution in [-0.4, -0.2) is 29.3 Å². The molecule has 1 aliphatic rings. The third-order valence-corrected chi connectivity index (χ3v) is 5.09. The van der Waals surface area contributed by atoms with E-state index in [0.717, 1.165) is 11.8 Å². The molecule has 0 spiro atoms. The van der Waals surface area contributed by atoms with Crippen molar-refractivity contribution in [3.05, 3.63) is 53.1 Å². The molecule has 140 valence electrons. The SMILES string of the molecule is COc1ccc(N2C(=O)/C(=C/c3ccco3)N=C2SC(C)C(N)=O)cc1Cl. The second kappa shape index (κ2) is 7.89. The summed E-state index contributed by atoms with van der Waals surface area (Å²) in [6, 6.07) is 8.35. The van der Waals surface area contributed by atoms with Gasteiger partial charge in [0.15, 0.2) is 5.17 Å². The van der Waals surface area contributed by atoms with Crippen LogP contribution in [0.25, 0.3) is 6.08 Å². The quantitative estimate of drug-likeness (QED) is 0.769. The first kappa shape index (κ1) is 19.1. The number of carbonyl (C=O) groups excluding carboxylic acids is 2. The van der Waals surface area contributed by atoms with Crippen LogP contribution in [0, 0.1) is 0 Å². The first-order valence-corrected chi connectivity index (χ1v) is 9.14. The molecule has 2 heterocycles. The van der Waals surface area contributed by atoms with Crippen molar-refractivity contribution in [2.24, 2.45) is 10.7 Å². The summed E-state index contributed by atoms with van der Waals surface area (Å²) in [6.45, 7) is 1.65. The lowest BCUT2D eigenvalue weighted by Gasteiger charge is -2.20. The van der Waals surface area contributed by atoms with Crippen molar-refractivity contribution in [1.82, 2.24) is 0 Å². The molecular weight excluding hydrogens is 390 g/mol. The van der Waals surface area contributed by atoms with Gasteiger partial charge in [0.05, 0.1) is 29.3 Å². The van der Waals surface area contributed by atoms with Gasteiger partial charge in [-0.25, -0.2) is 4.99 Å². The molecule has 0 aliphatic carbocycles. The lowest BCUT2D eigenvalue weighted by molar-refractivity contribution is -0.117. The summed E-state index contributed by atoms with van der Waals surface area (Å²) in [5.41, 5.74) is 6.03. The van der Waals surface area contributed by atoms with E-state index in [1.807, 2.05) is 0 Å². The van der Waals surface area contributed by atoms with Crippen LogP contribution < -0.4 is 15.4 Å². The Morgan fingerprint density at radius 1 is 1.44 bits per heavy atom. The molecule has 1 aromatic carbocycles. The van der Waals surface area contributed by atoms with E-state index in [1.165, 1.54) is 24.3 Å². The zero-order chi connectivity index (χ0) is 19.6. The summed E-state index contributed by atoms with van der Waals surface area (Å²) in [7, 11) is 1.50. The van der Waals surface area contributed by atoms with E-state index < -0.39 is 11.2 Å². The van der Waals surface area contributed by atoms with Gasteiger partial charge in [-0.3, -0.25) is 14.5 Å². The smallest absolute Gasteiger partial charge is 0.283 e. The molecule has 2 aromatic rings. The predicted octanol–water partition coefficient (Wildman–Crippen LogP) is 3.29. The summed E-state index contributed by atoms with van der Waals surface area (Å²) < 4.78 is 10.4. The summed E-state index contributed by atoms with van der Waals surface area (Å²) in [4.78, 5) is 30.2. The minimum absolute atomic E-state index is 0.177. The second-order valence-corrected chi connectivity index (χ2v) is 7.28. The van der Waals surface area contributed by atoms with Crippen molar-refractivity contribution in [1.29, 1.82) is 0 Å². The number of amidine groups is 1. The van der Waals surface area contributed by atoms with Gasteiger partial charge in [0, 0.05) is 6.08 Å². The van der Waals surface area contributed by atoms with Crippen molar-refractivity contribution in [3.63, 3.8) is 0 Å². The average molecular weight is 406 g/mol. The van der Waals surface area contributed by atoms with Crippen LogP contribution in [0.4, 0.5) is 5.69 Å². The Morgan fingerprint density at radius 3 is 2.81 bits per heavy atom. The predicted molar refractivity (Wildman–Crippen MR) is 106 cm³/mol. The number of hydrogen-bond donors (Lipinski definition) is 1. The molecule has 0 fully saturated rings. The number of nitrogens with two attached hydrogens (primary N) is 1. The molecule has 7 nitrogen and oxygen atoms in total. The van der Waals surface area contributed by atoms with E-state index in [-0.39, 0.29) is 11.6 Å². The summed E-state index contributed by atoms with van der Waals surface area (Å²) >= 11 is 7.29. The van der Waals surface area contributed by atoms with Crippen LogP contribution in [0.2, 0.25) is 5.02 Å². The first-order valence-electron chi connectivity index (χ1n) is 7.88. The number of methoxy groups -OCH3 is 1. The molecule has 2 N–H and O–H groups in total. The number of primary amides is 1. The standard InChI is InChI=1S/C18H16ClN3O4S/c1-10(16(20)23)27-18-21-14(9-12-4-3-7-26-12)17(24)22(18)11-5-6-15(25-2)13(19)8-11/h3-10H,1-2H3,(H2,20,23)/b14-9-. The fraction of sp³-hybridized carbons (Fsp3) is 0.167. The minimum Gasteiger partial charge on any atom is -0.495 e. The third kappa shape index (κ3) is 4.01. The summed E-state index contributed by atoms with van der Waals surface area (Å²) in [5.74, 6) is 0.0946. The number of amides is 2. The van der Waals surface area contributed by atoms with Gasteiger partial charge in [0.1, 0.15) is 17.2 Å². The first-order chi connectivity index (χ1) is 12.9. The maximum atomic E-state index is 13.0.